The van der Waals surface area contributed by atoms with Gasteiger partial charge in [-0.1, -0.05) is 26.7 Å². The lowest BCUT2D eigenvalue weighted by atomic mass is 9.79. The van der Waals surface area contributed by atoms with E-state index in [0.717, 1.165) is 17.9 Å². The van der Waals surface area contributed by atoms with Gasteiger partial charge in [0.1, 0.15) is 0 Å². The Bertz CT molecular complexity index is 213. The molecule has 106 valence electrons. The first kappa shape index (κ1) is 14.3. The quantitative estimate of drug-likeness (QED) is 0.755. The Labute approximate surface area is 114 Å². The van der Waals surface area contributed by atoms with Gasteiger partial charge in [0.05, 0.1) is 0 Å². The Balaban J connectivity index is 1.59. The number of nitrogens with one attached hydrogen (secondary N) is 1. The minimum atomic E-state index is 0.778. The summed E-state index contributed by atoms with van der Waals surface area (Å²) in [6, 6.07) is 0.778. The van der Waals surface area contributed by atoms with Crippen LogP contribution in [0.1, 0.15) is 58.8 Å². The summed E-state index contributed by atoms with van der Waals surface area (Å²) in [4.78, 5) is 2.65. The Morgan fingerprint density at radius 3 is 2.28 bits per heavy atom. The second-order valence-electron chi connectivity index (χ2n) is 6.62. The first-order valence-electron chi connectivity index (χ1n) is 8.23. The third kappa shape index (κ3) is 4.24. The van der Waals surface area contributed by atoms with Crippen LogP contribution in [0.25, 0.3) is 0 Å². The third-order valence-electron chi connectivity index (χ3n) is 5.02. The van der Waals surface area contributed by atoms with E-state index in [2.05, 4.69) is 24.1 Å². The standard InChI is InChI=1S/C16H32N2/c1-14-8-6-9-15(2)16(14)17-10-7-13-18-11-4-3-5-12-18/h14-17H,3-13H2,1-2H3. The van der Waals surface area contributed by atoms with Gasteiger partial charge in [0.15, 0.2) is 0 Å². The predicted octanol–water partition coefficient (Wildman–Crippen LogP) is 3.28. The fourth-order valence-electron chi connectivity index (χ4n) is 3.84. The molecule has 18 heavy (non-hydrogen) atoms. The Kier molecular flexibility index (Phi) is 5.97. The second kappa shape index (κ2) is 7.49. The number of nitrogens with zero attached hydrogens (tertiary/aromatic N) is 1. The van der Waals surface area contributed by atoms with E-state index in [1.54, 1.807) is 0 Å². The molecule has 2 aliphatic rings. The molecule has 1 saturated carbocycles. The highest BCUT2D eigenvalue weighted by Gasteiger charge is 2.26. The van der Waals surface area contributed by atoms with E-state index in [1.165, 1.54) is 71.1 Å². The normalized spacial score (nSPS) is 34.7. The van der Waals surface area contributed by atoms with Gasteiger partial charge >= 0.3 is 0 Å². The average molecular weight is 252 g/mol. The first-order valence-corrected chi connectivity index (χ1v) is 8.23. The van der Waals surface area contributed by atoms with Gasteiger partial charge < -0.3 is 10.2 Å². The van der Waals surface area contributed by atoms with E-state index in [9.17, 15) is 0 Å². The van der Waals surface area contributed by atoms with Gasteiger partial charge in [-0.15, -0.1) is 0 Å². The van der Waals surface area contributed by atoms with Crippen molar-refractivity contribution in [3.8, 4) is 0 Å². The van der Waals surface area contributed by atoms with Gasteiger partial charge in [-0.2, -0.15) is 0 Å². The van der Waals surface area contributed by atoms with Crippen LogP contribution in [0.5, 0.6) is 0 Å². The summed E-state index contributed by atoms with van der Waals surface area (Å²) >= 11 is 0. The molecule has 0 aromatic carbocycles. The Morgan fingerprint density at radius 2 is 1.61 bits per heavy atom. The van der Waals surface area contributed by atoms with Crippen molar-refractivity contribution in [1.82, 2.24) is 10.2 Å². The molecule has 0 radical (unpaired) electrons. The zero-order valence-electron chi connectivity index (χ0n) is 12.5. The van der Waals surface area contributed by atoms with E-state index in [0.29, 0.717) is 0 Å². The largest absolute Gasteiger partial charge is 0.313 e. The molecule has 0 bridgehead atoms. The molecule has 0 amide bonds. The molecular weight excluding hydrogens is 220 g/mol. The summed E-state index contributed by atoms with van der Waals surface area (Å²) in [5.74, 6) is 1.76. The number of piperidine rings is 1. The Morgan fingerprint density at radius 1 is 0.944 bits per heavy atom. The summed E-state index contributed by atoms with van der Waals surface area (Å²) < 4.78 is 0. The number of hydrogen-bond acceptors (Lipinski definition) is 2. The number of rotatable bonds is 5. The molecule has 2 nitrogen and oxygen atoms in total. The van der Waals surface area contributed by atoms with Crippen molar-refractivity contribution in [2.24, 2.45) is 11.8 Å². The second-order valence-corrected chi connectivity index (χ2v) is 6.62. The molecule has 1 heterocycles. The zero-order chi connectivity index (χ0) is 12.8. The van der Waals surface area contributed by atoms with E-state index < -0.39 is 0 Å². The van der Waals surface area contributed by atoms with Crippen LogP contribution in [0.2, 0.25) is 0 Å². The molecule has 2 heteroatoms. The van der Waals surface area contributed by atoms with E-state index >= 15 is 0 Å². The predicted molar refractivity (Wildman–Crippen MR) is 78.9 cm³/mol. The molecule has 1 aliphatic heterocycles. The van der Waals surface area contributed by atoms with Gasteiger partial charge in [0.25, 0.3) is 0 Å². The maximum atomic E-state index is 3.83. The van der Waals surface area contributed by atoms with E-state index in [1.807, 2.05) is 0 Å². The van der Waals surface area contributed by atoms with Crippen molar-refractivity contribution in [3.05, 3.63) is 0 Å². The minimum absolute atomic E-state index is 0.778. The molecule has 2 atom stereocenters. The van der Waals surface area contributed by atoms with E-state index in [-0.39, 0.29) is 0 Å². The van der Waals surface area contributed by atoms with Crippen LogP contribution in [0.3, 0.4) is 0 Å². The molecule has 0 aromatic rings. The highest BCUT2D eigenvalue weighted by Crippen LogP contribution is 2.28. The van der Waals surface area contributed by atoms with Crippen molar-refractivity contribution in [1.29, 1.82) is 0 Å². The van der Waals surface area contributed by atoms with Crippen LogP contribution < -0.4 is 5.32 Å². The molecule has 2 rings (SSSR count). The van der Waals surface area contributed by atoms with Crippen molar-refractivity contribution in [2.45, 2.75) is 64.8 Å². The summed E-state index contributed by atoms with van der Waals surface area (Å²) in [7, 11) is 0. The number of likely N-dealkylation sites (tertiary alicyclic amines) is 1. The van der Waals surface area contributed by atoms with Crippen LogP contribution in [0.4, 0.5) is 0 Å². The zero-order valence-corrected chi connectivity index (χ0v) is 12.5. The molecule has 1 aliphatic carbocycles. The summed E-state index contributed by atoms with van der Waals surface area (Å²) in [5, 5.41) is 3.83. The lowest BCUT2D eigenvalue weighted by Crippen LogP contribution is -2.43. The maximum absolute atomic E-state index is 3.83. The molecule has 0 spiro atoms. The lowest BCUT2D eigenvalue weighted by Gasteiger charge is -2.35. The lowest BCUT2D eigenvalue weighted by molar-refractivity contribution is 0.196. The SMILES string of the molecule is CC1CCCC(C)C1NCCCN1CCCCC1. The summed E-state index contributed by atoms with van der Waals surface area (Å²) in [5.41, 5.74) is 0. The molecular formula is C16H32N2. The molecule has 1 N–H and O–H groups in total. The van der Waals surface area contributed by atoms with E-state index in [4.69, 9.17) is 0 Å². The third-order valence-corrected chi connectivity index (χ3v) is 5.02. The fourth-order valence-corrected chi connectivity index (χ4v) is 3.84. The smallest absolute Gasteiger partial charge is 0.0118 e. The van der Waals surface area contributed by atoms with Crippen LogP contribution in [-0.4, -0.2) is 37.1 Å². The molecule has 0 aromatic heterocycles. The van der Waals surface area contributed by atoms with Crippen LogP contribution in [0.15, 0.2) is 0 Å². The van der Waals surface area contributed by atoms with Crippen molar-refractivity contribution < 1.29 is 0 Å². The van der Waals surface area contributed by atoms with Gasteiger partial charge in [0, 0.05) is 6.04 Å². The van der Waals surface area contributed by atoms with Crippen molar-refractivity contribution >= 4 is 0 Å². The monoisotopic (exact) mass is 252 g/mol. The van der Waals surface area contributed by atoms with Crippen LogP contribution >= 0.6 is 0 Å². The highest BCUT2D eigenvalue weighted by atomic mass is 15.1. The van der Waals surface area contributed by atoms with Gasteiger partial charge in [-0.05, 0) is 70.1 Å². The highest BCUT2D eigenvalue weighted by molar-refractivity contribution is 4.83. The number of hydrogen-bond donors (Lipinski definition) is 1. The first-order chi connectivity index (χ1) is 8.77. The van der Waals surface area contributed by atoms with Gasteiger partial charge in [-0.3, -0.25) is 0 Å². The molecule has 1 saturated heterocycles. The average Bonchev–Trinajstić information content (AvgIpc) is 2.38. The Hall–Kier alpha value is -0.0800. The summed E-state index contributed by atoms with van der Waals surface area (Å²) in [6.07, 6.45) is 9.91. The molecule has 2 fully saturated rings. The summed E-state index contributed by atoms with van der Waals surface area (Å²) in [6.45, 7) is 10.1. The van der Waals surface area contributed by atoms with Gasteiger partial charge in [-0.25, -0.2) is 0 Å². The van der Waals surface area contributed by atoms with Crippen molar-refractivity contribution in [2.75, 3.05) is 26.2 Å². The van der Waals surface area contributed by atoms with Gasteiger partial charge in [0.2, 0.25) is 0 Å². The van der Waals surface area contributed by atoms with Crippen LogP contribution in [-0.2, 0) is 0 Å². The van der Waals surface area contributed by atoms with Crippen molar-refractivity contribution in [3.63, 3.8) is 0 Å². The maximum Gasteiger partial charge on any atom is 0.0118 e. The minimum Gasteiger partial charge on any atom is -0.313 e. The fraction of sp³-hybridized carbons (Fsp3) is 1.00. The van der Waals surface area contributed by atoms with Crippen LogP contribution in [0, 0.1) is 11.8 Å². The molecule has 2 unspecified atom stereocenters. The topological polar surface area (TPSA) is 15.3 Å².